The predicted octanol–water partition coefficient (Wildman–Crippen LogP) is 3.35. The average Bonchev–Trinajstić information content (AvgIpc) is 2.93. The number of rotatable bonds is 6. The highest BCUT2D eigenvalue weighted by Gasteiger charge is 2.27. The van der Waals surface area contributed by atoms with E-state index in [0.29, 0.717) is 28.1 Å². The van der Waals surface area contributed by atoms with Crippen LogP contribution in [0.2, 0.25) is 0 Å². The van der Waals surface area contributed by atoms with Gasteiger partial charge >= 0.3 is 11.9 Å². The number of benzene rings is 1. The summed E-state index contributed by atoms with van der Waals surface area (Å²) >= 11 is 0. The topological polar surface area (TPSA) is 77.6 Å². The molecule has 0 fully saturated rings. The number of H-pyrrole nitrogens is 1. The van der Waals surface area contributed by atoms with E-state index in [9.17, 15) is 9.59 Å². The molecule has 0 bridgehead atoms. The lowest BCUT2D eigenvalue weighted by molar-refractivity contribution is 0.0518. The maximum absolute atomic E-state index is 12.4. The molecule has 24 heavy (non-hydrogen) atoms. The van der Waals surface area contributed by atoms with Crippen LogP contribution in [-0.2, 0) is 9.47 Å². The number of aromatic amines is 1. The Morgan fingerprint density at radius 2 is 1.58 bits per heavy atom. The van der Waals surface area contributed by atoms with Crippen LogP contribution in [0.4, 0.5) is 0 Å². The van der Waals surface area contributed by atoms with Crippen molar-refractivity contribution < 1.29 is 23.8 Å². The summed E-state index contributed by atoms with van der Waals surface area (Å²) in [5, 5.41) is 0. The Morgan fingerprint density at radius 3 is 2.12 bits per heavy atom. The van der Waals surface area contributed by atoms with Crippen molar-refractivity contribution >= 4 is 11.9 Å². The first-order chi connectivity index (χ1) is 11.5. The van der Waals surface area contributed by atoms with Gasteiger partial charge in [-0.3, -0.25) is 0 Å². The van der Waals surface area contributed by atoms with Crippen LogP contribution in [0, 0.1) is 6.92 Å². The van der Waals surface area contributed by atoms with E-state index in [0.717, 1.165) is 0 Å². The fourth-order valence-electron chi connectivity index (χ4n) is 2.49. The standard InChI is InChI=1S/C18H21NO5/c1-5-23-17(20)14-11(3)19-16(18(21)24-6-2)15(14)12-7-9-13(22-4)10-8-12/h7-10,19H,5-6H2,1-4H3. The second-order valence-electron chi connectivity index (χ2n) is 5.04. The molecule has 0 saturated heterocycles. The highest BCUT2D eigenvalue weighted by Crippen LogP contribution is 2.32. The van der Waals surface area contributed by atoms with Gasteiger partial charge < -0.3 is 19.2 Å². The van der Waals surface area contributed by atoms with Crippen LogP contribution in [0.3, 0.4) is 0 Å². The zero-order valence-electron chi connectivity index (χ0n) is 14.3. The van der Waals surface area contributed by atoms with Gasteiger partial charge in [0, 0.05) is 11.3 Å². The van der Waals surface area contributed by atoms with Crippen LogP contribution >= 0.6 is 0 Å². The number of ether oxygens (including phenoxy) is 3. The molecule has 1 N–H and O–H groups in total. The van der Waals surface area contributed by atoms with E-state index in [1.165, 1.54) is 0 Å². The number of carbonyl (C=O) groups is 2. The Kier molecular flexibility index (Phi) is 5.63. The minimum Gasteiger partial charge on any atom is -0.497 e. The van der Waals surface area contributed by atoms with E-state index in [4.69, 9.17) is 14.2 Å². The van der Waals surface area contributed by atoms with Crippen LogP contribution in [0.15, 0.2) is 24.3 Å². The Labute approximate surface area is 140 Å². The van der Waals surface area contributed by atoms with Crippen molar-refractivity contribution in [3.8, 4) is 16.9 Å². The lowest BCUT2D eigenvalue weighted by atomic mass is 10.00. The van der Waals surface area contributed by atoms with Crippen molar-refractivity contribution in [3.63, 3.8) is 0 Å². The molecule has 128 valence electrons. The van der Waals surface area contributed by atoms with Crippen molar-refractivity contribution in [2.24, 2.45) is 0 Å². The number of aryl methyl sites for hydroxylation is 1. The van der Waals surface area contributed by atoms with Gasteiger partial charge in [0.1, 0.15) is 11.4 Å². The first-order valence-electron chi connectivity index (χ1n) is 7.74. The Balaban J connectivity index is 2.62. The zero-order chi connectivity index (χ0) is 17.7. The summed E-state index contributed by atoms with van der Waals surface area (Å²) in [4.78, 5) is 27.6. The first-order valence-corrected chi connectivity index (χ1v) is 7.74. The quantitative estimate of drug-likeness (QED) is 0.821. The molecule has 0 spiro atoms. The number of aromatic nitrogens is 1. The molecule has 1 aromatic heterocycles. The maximum Gasteiger partial charge on any atom is 0.355 e. The monoisotopic (exact) mass is 331 g/mol. The van der Waals surface area contributed by atoms with Gasteiger partial charge in [-0.05, 0) is 38.5 Å². The molecule has 0 radical (unpaired) electrons. The van der Waals surface area contributed by atoms with Gasteiger partial charge in [-0.2, -0.15) is 0 Å². The maximum atomic E-state index is 12.4. The van der Waals surface area contributed by atoms with Crippen LogP contribution in [0.25, 0.3) is 11.1 Å². The molecule has 2 rings (SSSR count). The number of nitrogens with one attached hydrogen (secondary N) is 1. The molecular formula is C18H21NO5. The number of carbonyl (C=O) groups excluding carboxylic acids is 2. The summed E-state index contributed by atoms with van der Waals surface area (Å²) in [6.45, 7) is 5.68. The van der Waals surface area contributed by atoms with Gasteiger partial charge in [0.05, 0.1) is 25.9 Å². The van der Waals surface area contributed by atoms with Gasteiger partial charge in [-0.1, -0.05) is 12.1 Å². The van der Waals surface area contributed by atoms with Crippen LogP contribution in [0.5, 0.6) is 5.75 Å². The minimum atomic E-state index is -0.512. The van der Waals surface area contributed by atoms with Crippen LogP contribution < -0.4 is 4.74 Å². The van der Waals surface area contributed by atoms with E-state index in [-0.39, 0.29) is 18.9 Å². The largest absolute Gasteiger partial charge is 0.497 e. The minimum absolute atomic E-state index is 0.238. The zero-order valence-corrected chi connectivity index (χ0v) is 14.3. The fraction of sp³-hybridized carbons (Fsp3) is 0.333. The molecule has 0 saturated carbocycles. The summed E-state index contributed by atoms with van der Waals surface area (Å²) in [5.41, 5.74) is 2.31. The smallest absolute Gasteiger partial charge is 0.355 e. The number of methoxy groups -OCH3 is 1. The van der Waals surface area contributed by atoms with Gasteiger partial charge in [0.15, 0.2) is 0 Å². The Morgan fingerprint density at radius 1 is 1.00 bits per heavy atom. The van der Waals surface area contributed by atoms with Crippen molar-refractivity contribution in [1.29, 1.82) is 0 Å². The van der Waals surface area contributed by atoms with E-state index in [2.05, 4.69) is 4.98 Å². The number of hydrogen-bond donors (Lipinski definition) is 1. The molecule has 6 heteroatoms. The summed E-state index contributed by atoms with van der Waals surface area (Å²) in [7, 11) is 1.57. The molecule has 1 aromatic carbocycles. The van der Waals surface area contributed by atoms with Gasteiger partial charge in [-0.15, -0.1) is 0 Å². The summed E-state index contributed by atoms with van der Waals surface area (Å²) in [5.74, 6) is -0.309. The summed E-state index contributed by atoms with van der Waals surface area (Å²) < 4.78 is 15.4. The van der Waals surface area contributed by atoms with Crippen molar-refractivity contribution in [1.82, 2.24) is 4.98 Å². The van der Waals surface area contributed by atoms with Gasteiger partial charge in [0.2, 0.25) is 0 Å². The van der Waals surface area contributed by atoms with Crippen molar-refractivity contribution in [2.45, 2.75) is 20.8 Å². The van der Waals surface area contributed by atoms with E-state index in [1.54, 1.807) is 52.1 Å². The lowest BCUT2D eigenvalue weighted by Gasteiger charge is -2.09. The van der Waals surface area contributed by atoms with Crippen molar-refractivity contribution in [3.05, 3.63) is 41.2 Å². The second-order valence-corrected chi connectivity index (χ2v) is 5.04. The summed E-state index contributed by atoms with van der Waals surface area (Å²) in [6, 6.07) is 7.10. The molecule has 6 nitrogen and oxygen atoms in total. The molecule has 0 aliphatic rings. The first kappa shape index (κ1) is 17.6. The third kappa shape index (κ3) is 3.42. The Bertz CT molecular complexity index is 731. The predicted molar refractivity (Wildman–Crippen MR) is 89.4 cm³/mol. The van der Waals surface area contributed by atoms with Crippen molar-refractivity contribution in [2.75, 3.05) is 20.3 Å². The van der Waals surface area contributed by atoms with Gasteiger partial charge in [-0.25, -0.2) is 9.59 Å². The molecule has 0 aliphatic carbocycles. The highest BCUT2D eigenvalue weighted by atomic mass is 16.5. The lowest BCUT2D eigenvalue weighted by Crippen LogP contribution is -2.09. The van der Waals surface area contributed by atoms with Crippen LogP contribution in [0.1, 0.15) is 40.4 Å². The molecule has 0 amide bonds. The SMILES string of the molecule is CCOC(=O)c1[nH]c(C)c(C(=O)OCC)c1-c1ccc(OC)cc1. The average molecular weight is 331 g/mol. The summed E-state index contributed by atoms with van der Waals surface area (Å²) in [6.07, 6.45) is 0. The van der Waals surface area contributed by atoms with Gasteiger partial charge in [0.25, 0.3) is 0 Å². The normalized spacial score (nSPS) is 10.3. The molecule has 0 unspecified atom stereocenters. The number of esters is 2. The van der Waals surface area contributed by atoms with Crippen LogP contribution in [-0.4, -0.2) is 37.2 Å². The Hall–Kier alpha value is -2.76. The molecular weight excluding hydrogens is 310 g/mol. The second kappa shape index (κ2) is 7.68. The van der Waals surface area contributed by atoms with E-state index < -0.39 is 11.9 Å². The van der Waals surface area contributed by atoms with E-state index in [1.807, 2.05) is 0 Å². The molecule has 0 aliphatic heterocycles. The molecule has 2 aromatic rings. The third-order valence-corrected chi connectivity index (χ3v) is 3.53. The van der Waals surface area contributed by atoms with E-state index >= 15 is 0 Å². The molecule has 1 heterocycles. The highest BCUT2D eigenvalue weighted by molar-refractivity contribution is 6.06. The fourth-order valence-corrected chi connectivity index (χ4v) is 2.49. The number of hydrogen-bond acceptors (Lipinski definition) is 5. The molecule has 0 atom stereocenters. The third-order valence-electron chi connectivity index (χ3n) is 3.53.